The lowest BCUT2D eigenvalue weighted by Gasteiger charge is -2.05. The first-order chi connectivity index (χ1) is 10.1. The third-order valence-corrected chi connectivity index (χ3v) is 3.57. The molecular weight excluding hydrogens is 336 g/mol. The average Bonchev–Trinajstić information content (AvgIpc) is 2.84. The second-order valence-electron chi connectivity index (χ2n) is 4.53. The minimum Gasteiger partial charge on any atom is -0.408 e. The molecule has 3 rings (SSSR count). The van der Waals surface area contributed by atoms with Gasteiger partial charge >= 0.3 is 5.76 Å². The zero-order valence-corrected chi connectivity index (χ0v) is 12.4. The zero-order chi connectivity index (χ0) is 14.8. The molecular formula is C15H11BrN2O3. The number of aromatic nitrogens is 1. The Morgan fingerprint density at radius 1 is 1.19 bits per heavy atom. The van der Waals surface area contributed by atoms with E-state index >= 15 is 0 Å². The molecule has 0 aliphatic heterocycles. The van der Waals surface area contributed by atoms with E-state index < -0.39 is 5.76 Å². The number of fused-ring (bicyclic) bond motifs is 1. The van der Waals surface area contributed by atoms with Crippen LogP contribution in [0.15, 0.2) is 56.1 Å². The fourth-order valence-corrected chi connectivity index (χ4v) is 2.25. The van der Waals surface area contributed by atoms with Gasteiger partial charge in [-0.2, -0.15) is 0 Å². The van der Waals surface area contributed by atoms with E-state index in [9.17, 15) is 9.59 Å². The highest BCUT2D eigenvalue weighted by molar-refractivity contribution is 9.10. The minimum absolute atomic E-state index is 0.155. The number of oxazole rings is 1. The molecule has 0 aliphatic rings. The van der Waals surface area contributed by atoms with Gasteiger partial charge in [0.25, 0.3) is 5.91 Å². The maximum Gasteiger partial charge on any atom is 0.417 e. The number of H-pyrrole nitrogens is 1. The molecule has 0 spiro atoms. The van der Waals surface area contributed by atoms with E-state index in [0.29, 0.717) is 23.2 Å². The maximum atomic E-state index is 12.0. The standard InChI is InChI=1S/C15H11BrN2O3/c16-11-4-2-10(3-5-11)14(19)17-8-9-1-6-12-13(7-9)21-15(20)18-12/h1-7H,8H2,(H,17,19)(H,18,20). The topological polar surface area (TPSA) is 75.1 Å². The van der Waals surface area contributed by atoms with Gasteiger partial charge in [-0.05, 0) is 42.0 Å². The lowest BCUT2D eigenvalue weighted by molar-refractivity contribution is 0.0951. The molecule has 1 aromatic heterocycles. The summed E-state index contributed by atoms with van der Waals surface area (Å²) in [7, 11) is 0. The van der Waals surface area contributed by atoms with Gasteiger partial charge in [-0.25, -0.2) is 4.79 Å². The van der Waals surface area contributed by atoms with E-state index in [1.807, 2.05) is 18.2 Å². The molecule has 21 heavy (non-hydrogen) atoms. The summed E-state index contributed by atoms with van der Waals surface area (Å²) in [6, 6.07) is 12.4. The van der Waals surface area contributed by atoms with Gasteiger partial charge in [0.1, 0.15) is 0 Å². The number of benzene rings is 2. The molecule has 0 saturated carbocycles. The fraction of sp³-hybridized carbons (Fsp3) is 0.0667. The molecule has 2 aromatic carbocycles. The first kappa shape index (κ1) is 13.6. The lowest BCUT2D eigenvalue weighted by atomic mass is 10.2. The van der Waals surface area contributed by atoms with Crippen LogP contribution in [0.25, 0.3) is 11.1 Å². The van der Waals surface area contributed by atoms with Crippen LogP contribution < -0.4 is 11.1 Å². The molecule has 5 nitrogen and oxygen atoms in total. The van der Waals surface area contributed by atoms with Crippen LogP contribution in [0.2, 0.25) is 0 Å². The van der Waals surface area contributed by atoms with Crippen molar-refractivity contribution in [2.75, 3.05) is 0 Å². The maximum absolute atomic E-state index is 12.0. The average molecular weight is 347 g/mol. The summed E-state index contributed by atoms with van der Waals surface area (Å²) in [5, 5.41) is 2.82. The summed E-state index contributed by atoms with van der Waals surface area (Å²) < 4.78 is 5.91. The van der Waals surface area contributed by atoms with Crippen LogP contribution in [0.3, 0.4) is 0 Å². The Kier molecular flexibility index (Phi) is 3.62. The van der Waals surface area contributed by atoms with Crippen molar-refractivity contribution in [3.8, 4) is 0 Å². The van der Waals surface area contributed by atoms with Crippen LogP contribution in [0.5, 0.6) is 0 Å². The van der Waals surface area contributed by atoms with Crippen LogP contribution in [0.1, 0.15) is 15.9 Å². The smallest absolute Gasteiger partial charge is 0.408 e. The number of carbonyl (C=O) groups is 1. The Morgan fingerprint density at radius 3 is 2.71 bits per heavy atom. The van der Waals surface area contributed by atoms with Gasteiger partial charge in [0.05, 0.1) is 5.52 Å². The minimum atomic E-state index is -0.485. The Morgan fingerprint density at radius 2 is 1.95 bits per heavy atom. The number of amides is 1. The van der Waals surface area contributed by atoms with Crippen molar-refractivity contribution >= 4 is 32.9 Å². The highest BCUT2D eigenvalue weighted by Crippen LogP contribution is 2.13. The van der Waals surface area contributed by atoms with E-state index in [4.69, 9.17) is 4.42 Å². The summed E-state index contributed by atoms with van der Waals surface area (Å²) in [5.74, 6) is -0.640. The van der Waals surface area contributed by atoms with Crippen molar-refractivity contribution in [2.24, 2.45) is 0 Å². The zero-order valence-electron chi connectivity index (χ0n) is 10.9. The van der Waals surface area contributed by atoms with Crippen molar-refractivity contribution in [1.29, 1.82) is 0 Å². The van der Waals surface area contributed by atoms with E-state index in [-0.39, 0.29) is 5.91 Å². The van der Waals surface area contributed by atoms with E-state index in [1.54, 1.807) is 24.3 Å². The van der Waals surface area contributed by atoms with Crippen LogP contribution in [0.4, 0.5) is 0 Å². The van der Waals surface area contributed by atoms with Crippen molar-refractivity contribution in [2.45, 2.75) is 6.54 Å². The second kappa shape index (κ2) is 5.57. The molecule has 0 saturated heterocycles. The predicted molar refractivity (Wildman–Crippen MR) is 82.1 cm³/mol. The molecule has 1 amide bonds. The number of hydrogen-bond acceptors (Lipinski definition) is 3. The lowest BCUT2D eigenvalue weighted by Crippen LogP contribution is -2.22. The van der Waals surface area contributed by atoms with Crippen LogP contribution in [-0.4, -0.2) is 10.9 Å². The van der Waals surface area contributed by atoms with Gasteiger partial charge in [-0.1, -0.05) is 22.0 Å². The molecule has 0 aliphatic carbocycles. The molecule has 2 N–H and O–H groups in total. The number of rotatable bonds is 3. The molecule has 106 valence electrons. The SMILES string of the molecule is O=C(NCc1ccc2[nH]c(=O)oc2c1)c1ccc(Br)cc1. The Bertz CT molecular complexity index is 849. The van der Waals surface area contributed by atoms with Crippen molar-refractivity contribution < 1.29 is 9.21 Å². The normalized spacial score (nSPS) is 10.7. The molecule has 0 unspecified atom stereocenters. The summed E-state index contributed by atoms with van der Waals surface area (Å²) in [6.45, 7) is 0.361. The highest BCUT2D eigenvalue weighted by Gasteiger charge is 2.06. The summed E-state index contributed by atoms with van der Waals surface area (Å²) in [6.07, 6.45) is 0. The number of halogens is 1. The Balaban J connectivity index is 1.72. The van der Waals surface area contributed by atoms with Crippen LogP contribution in [0, 0.1) is 0 Å². The third kappa shape index (κ3) is 3.05. The molecule has 0 radical (unpaired) electrons. The van der Waals surface area contributed by atoms with Gasteiger partial charge in [0, 0.05) is 16.6 Å². The van der Waals surface area contributed by atoms with Gasteiger partial charge in [0.15, 0.2) is 5.58 Å². The molecule has 1 heterocycles. The molecule has 0 fully saturated rings. The molecule has 3 aromatic rings. The second-order valence-corrected chi connectivity index (χ2v) is 5.45. The van der Waals surface area contributed by atoms with Crippen molar-refractivity contribution in [1.82, 2.24) is 10.3 Å². The summed E-state index contributed by atoms with van der Waals surface area (Å²) >= 11 is 3.32. The van der Waals surface area contributed by atoms with Gasteiger partial charge in [0.2, 0.25) is 0 Å². The molecule has 6 heteroatoms. The van der Waals surface area contributed by atoms with E-state index in [0.717, 1.165) is 10.0 Å². The number of nitrogens with one attached hydrogen (secondary N) is 2. The number of carbonyl (C=O) groups excluding carboxylic acids is 1. The molecule has 0 bridgehead atoms. The van der Waals surface area contributed by atoms with E-state index in [1.165, 1.54) is 0 Å². The predicted octanol–water partition coefficient (Wildman–Crippen LogP) is 2.81. The summed E-state index contributed by atoms with van der Waals surface area (Å²) in [4.78, 5) is 25.6. The van der Waals surface area contributed by atoms with Crippen LogP contribution in [-0.2, 0) is 6.54 Å². The van der Waals surface area contributed by atoms with Gasteiger partial charge in [-0.3, -0.25) is 9.78 Å². The third-order valence-electron chi connectivity index (χ3n) is 3.04. The van der Waals surface area contributed by atoms with Crippen molar-refractivity contribution in [3.05, 3.63) is 68.6 Å². The van der Waals surface area contributed by atoms with E-state index in [2.05, 4.69) is 26.2 Å². The van der Waals surface area contributed by atoms with Crippen LogP contribution >= 0.6 is 15.9 Å². The van der Waals surface area contributed by atoms with Crippen molar-refractivity contribution in [3.63, 3.8) is 0 Å². The largest absolute Gasteiger partial charge is 0.417 e. The van der Waals surface area contributed by atoms with Gasteiger partial charge < -0.3 is 9.73 Å². The Labute approximate surface area is 128 Å². The summed E-state index contributed by atoms with van der Waals surface area (Å²) in [5.41, 5.74) is 2.57. The fourth-order valence-electron chi connectivity index (χ4n) is 1.99. The number of aromatic amines is 1. The monoisotopic (exact) mass is 346 g/mol. The number of hydrogen-bond donors (Lipinski definition) is 2. The Hall–Kier alpha value is -2.34. The quantitative estimate of drug-likeness (QED) is 0.765. The van der Waals surface area contributed by atoms with Gasteiger partial charge in [-0.15, -0.1) is 0 Å². The highest BCUT2D eigenvalue weighted by atomic mass is 79.9. The first-order valence-corrected chi connectivity index (χ1v) is 7.06. The molecule has 0 atom stereocenters. The first-order valence-electron chi connectivity index (χ1n) is 6.27.